The summed E-state index contributed by atoms with van der Waals surface area (Å²) in [5.41, 5.74) is 2.23. The van der Waals surface area contributed by atoms with Crippen molar-refractivity contribution < 1.29 is 22.7 Å². The molecule has 3 aromatic rings. The van der Waals surface area contributed by atoms with E-state index in [0.29, 0.717) is 18.0 Å². The first-order chi connectivity index (χ1) is 17.6. The van der Waals surface area contributed by atoms with Gasteiger partial charge in [-0.05, 0) is 81.6 Å². The van der Waals surface area contributed by atoms with E-state index in [2.05, 4.69) is 5.32 Å². The lowest BCUT2D eigenvalue weighted by atomic mass is 10.1. The highest BCUT2D eigenvalue weighted by Gasteiger charge is 2.29. The van der Waals surface area contributed by atoms with Crippen LogP contribution >= 0.6 is 11.6 Å². The van der Waals surface area contributed by atoms with Crippen LogP contribution in [0.15, 0.2) is 71.6 Å². The van der Waals surface area contributed by atoms with E-state index >= 15 is 0 Å². The molecule has 0 radical (unpaired) electrons. The number of nitrogens with zero attached hydrogens (tertiary/aromatic N) is 1. The summed E-state index contributed by atoms with van der Waals surface area (Å²) in [5.74, 6) is 0.676. The minimum absolute atomic E-state index is 0.0674. The van der Waals surface area contributed by atoms with Crippen LogP contribution in [0.5, 0.6) is 11.5 Å². The largest absolute Gasteiger partial charge is 0.495 e. The van der Waals surface area contributed by atoms with Gasteiger partial charge in [-0.15, -0.1) is 0 Å². The molecule has 0 atom stereocenters. The zero-order chi connectivity index (χ0) is 27.0. The SMILES string of the molecule is COc1ccc(Cl)cc1N(CC(=O)NCCCc1ccc(OC(C)C)cc1)S(=O)(=O)c1ccc(C)cc1. The van der Waals surface area contributed by atoms with Gasteiger partial charge in [0, 0.05) is 11.6 Å². The maximum absolute atomic E-state index is 13.6. The van der Waals surface area contributed by atoms with E-state index in [-0.39, 0.29) is 22.4 Å². The lowest BCUT2D eigenvalue weighted by molar-refractivity contribution is -0.119. The Morgan fingerprint density at radius 3 is 2.32 bits per heavy atom. The number of hydrogen-bond donors (Lipinski definition) is 1. The molecule has 0 aliphatic heterocycles. The van der Waals surface area contributed by atoms with Gasteiger partial charge in [0.2, 0.25) is 5.91 Å². The highest BCUT2D eigenvalue weighted by molar-refractivity contribution is 7.92. The molecule has 1 N–H and O–H groups in total. The van der Waals surface area contributed by atoms with Crippen LogP contribution in [0.2, 0.25) is 5.02 Å². The van der Waals surface area contributed by atoms with E-state index in [1.54, 1.807) is 24.3 Å². The molecule has 7 nitrogen and oxygen atoms in total. The molecule has 3 aromatic carbocycles. The van der Waals surface area contributed by atoms with Crippen LogP contribution in [0, 0.1) is 6.92 Å². The van der Waals surface area contributed by atoms with E-state index in [1.165, 1.54) is 25.3 Å². The molecule has 0 fully saturated rings. The average Bonchev–Trinajstić information content (AvgIpc) is 2.86. The Morgan fingerprint density at radius 1 is 1.03 bits per heavy atom. The molecule has 198 valence electrons. The summed E-state index contributed by atoms with van der Waals surface area (Å²) in [6, 6.07) is 19.0. The standard InChI is InChI=1S/C28H33ClN2O5S/c1-20(2)36-24-12-9-22(10-13-24)6-5-17-30-28(32)19-31(26-18-23(29)11-16-27(26)35-4)37(33,34)25-14-7-21(3)8-15-25/h7-16,18,20H,5-6,17,19H2,1-4H3,(H,30,32). The summed E-state index contributed by atoms with van der Waals surface area (Å²) in [7, 11) is -2.64. The van der Waals surface area contributed by atoms with E-state index in [9.17, 15) is 13.2 Å². The average molecular weight is 545 g/mol. The number of hydrogen-bond acceptors (Lipinski definition) is 5. The highest BCUT2D eigenvalue weighted by Crippen LogP contribution is 2.34. The molecule has 0 bridgehead atoms. The summed E-state index contributed by atoms with van der Waals surface area (Å²) in [4.78, 5) is 13.0. The van der Waals surface area contributed by atoms with Gasteiger partial charge in [-0.1, -0.05) is 41.4 Å². The van der Waals surface area contributed by atoms with E-state index in [4.69, 9.17) is 21.1 Å². The molecular weight excluding hydrogens is 512 g/mol. The lowest BCUT2D eigenvalue weighted by Gasteiger charge is -2.26. The Hall–Kier alpha value is -3.23. The zero-order valence-electron chi connectivity index (χ0n) is 21.5. The molecule has 37 heavy (non-hydrogen) atoms. The van der Waals surface area contributed by atoms with Gasteiger partial charge in [0.25, 0.3) is 10.0 Å². The van der Waals surface area contributed by atoms with Crippen molar-refractivity contribution in [3.63, 3.8) is 0 Å². The number of carbonyl (C=O) groups excluding carboxylic acids is 1. The number of carbonyl (C=O) groups is 1. The first kappa shape index (κ1) is 28.3. The molecule has 0 spiro atoms. The lowest BCUT2D eigenvalue weighted by Crippen LogP contribution is -2.41. The van der Waals surface area contributed by atoms with Crippen molar-refractivity contribution in [1.29, 1.82) is 0 Å². The molecule has 0 aliphatic rings. The van der Waals surface area contributed by atoms with Gasteiger partial charge in [-0.3, -0.25) is 9.10 Å². The normalized spacial score (nSPS) is 11.3. The number of halogens is 1. The van der Waals surface area contributed by atoms with E-state index in [0.717, 1.165) is 27.6 Å². The summed E-state index contributed by atoms with van der Waals surface area (Å²) in [5, 5.41) is 3.16. The summed E-state index contributed by atoms with van der Waals surface area (Å²) >= 11 is 6.18. The molecule has 0 saturated carbocycles. The molecule has 0 unspecified atom stereocenters. The fraction of sp³-hybridized carbons (Fsp3) is 0.321. The topological polar surface area (TPSA) is 84.9 Å². The van der Waals surface area contributed by atoms with Gasteiger partial charge in [0.1, 0.15) is 18.0 Å². The monoisotopic (exact) mass is 544 g/mol. The second-order valence-electron chi connectivity index (χ2n) is 8.90. The van der Waals surface area contributed by atoms with Crippen LogP contribution in [0.3, 0.4) is 0 Å². The van der Waals surface area contributed by atoms with Crippen molar-refractivity contribution in [2.45, 2.75) is 44.6 Å². The first-order valence-corrected chi connectivity index (χ1v) is 13.9. The Kier molecular flexibility index (Phi) is 9.83. The Balaban J connectivity index is 1.71. The number of ether oxygens (including phenoxy) is 2. The van der Waals surface area contributed by atoms with Crippen LogP contribution in [0.1, 0.15) is 31.4 Å². The number of methoxy groups -OCH3 is 1. The number of sulfonamides is 1. The maximum atomic E-state index is 13.6. The number of benzene rings is 3. The quantitative estimate of drug-likeness (QED) is 0.309. The van der Waals surface area contributed by atoms with E-state index < -0.39 is 22.5 Å². The second-order valence-corrected chi connectivity index (χ2v) is 11.2. The fourth-order valence-electron chi connectivity index (χ4n) is 3.71. The molecule has 0 heterocycles. The highest BCUT2D eigenvalue weighted by atomic mass is 35.5. The number of aryl methyl sites for hydroxylation is 2. The van der Waals surface area contributed by atoms with Crippen LogP contribution in [-0.4, -0.2) is 40.6 Å². The van der Waals surface area contributed by atoms with Crippen LogP contribution in [0.4, 0.5) is 5.69 Å². The first-order valence-electron chi connectivity index (χ1n) is 12.1. The summed E-state index contributed by atoms with van der Waals surface area (Å²) in [6.45, 7) is 5.80. The van der Waals surface area contributed by atoms with Gasteiger partial charge in [0.05, 0.1) is 23.8 Å². The van der Waals surface area contributed by atoms with Crippen molar-refractivity contribution in [2.24, 2.45) is 0 Å². The number of nitrogens with one attached hydrogen (secondary N) is 1. The van der Waals surface area contributed by atoms with Crippen molar-refractivity contribution in [3.05, 3.63) is 82.9 Å². The predicted octanol–water partition coefficient (Wildman–Crippen LogP) is 5.39. The molecule has 9 heteroatoms. The third kappa shape index (κ3) is 7.87. The third-order valence-electron chi connectivity index (χ3n) is 5.57. The van der Waals surface area contributed by atoms with Gasteiger partial charge in [-0.2, -0.15) is 0 Å². The van der Waals surface area contributed by atoms with Gasteiger partial charge in [0.15, 0.2) is 0 Å². The Labute approximate surface area is 224 Å². The molecule has 0 saturated heterocycles. The van der Waals surface area contributed by atoms with Crippen LogP contribution < -0.4 is 19.1 Å². The Bertz CT molecular complexity index is 1290. The minimum atomic E-state index is -4.08. The van der Waals surface area contributed by atoms with Gasteiger partial charge in [-0.25, -0.2) is 8.42 Å². The zero-order valence-corrected chi connectivity index (χ0v) is 23.1. The van der Waals surface area contributed by atoms with Crippen LogP contribution in [0.25, 0.3) is 0 Å². The van der Waals surface area contributed by atoms with Crippen molar-refractivity contribution >= 4 is 33.2 Å². The van der Waals surface area contributed by atoms with Gasteiger partial charge < -0.3 is 14.8 Å². The minimum Gasteiger partial charge on any atom is -0.495 e. The molecule has 1 amide bonds. The fourth-order valence-corrected chi connectivity index (χ4v) is 5.30. The number of rotatable bonds is 12. The summed E-state index contributed by atoms with van der Waals surface area (Å²) < 4.78 is 39.3. The number of amides is 1. The van der Waals surface area contributed by atoms with Crippen LogP contribution in [-0.2, 0) is 21.2 Å². The van der Waals surface area contributed by atoms with E-state index in [1.807, 2.05) is 45.0 Å². The smallest absolute Gasteiger partial charge is 0.264 e. The molecule has 3 rings (SSSR count). The van der Waals surface area contributed by atoms with Gasteiger partial charge >= 0.3 is 0 Å². The summed E-state index contributed by atoms with van der Waals surface area (Å²) in [6.07, 6.45) is 1.57. The maximum Gasteiger partial charge on any atom is 0.264 e. The Morgan fingerprint density at radius 2 is 1.70 bits per heavy atom. The second kappa shape index (κ2) is 12.8. The predicted molar refractivity (Wildman–Crippen MR) is 147 cm³/mol. The third-order valence-corrected chi connectivity index (χ3v) is 7.57. The molecular formula is C28H33ClN2O5S. The molecule has 0 aromatic heterocycles. The number of anilines is 1. The molecule has 0 aliphatic carbocycles. The van der Waals surface area contributed by atoms with Crippen molar-refractivity contribution in [3.8, 4) is 11.5 Å². The van der Waals surface area contributed by atoms with Crippen molar-refractivity contribution in [1.82, 2.24) is 5.32 Å². The van der Waals surface area contributed by atoms with Crippen molar-refractivity contribution in [2.75, 3.05) is 24.5 Å².